The lowest BCUT2D eigenvalue weighted by Crippen LogP contribution is -2.16. The molecule has 4 rings (SSSR count). The molecule has 0 spiro atoms. The van der Waals surface area contributed by atoms with Crippen LogP contribution in [0, 0.1) is 0 Å². The first-order valence-corrected chi connectivity index (χ1v) is 11.3. The van der Waals surface area contributed by atoms with E-state index in [0.29, 0.717) is 0 Å². The van der Waals surface area contributed by atoms with Gasteiger partial charge in [0.05, 0.1) is 0 Å². The van der Waals surface area contributed by atoms with Crippen molar-refractivity contribution in [3.05, 3.63) is 114 Å². The van der Waals surface area contributed by atoms with Crippen molar-refractivity contribution in [2.24, 2.45) is 0 Å². The lowest BCUT2D eigenvalue weighted by molar-refractivity contribution is 0.568. The van der Waals surface area contributed by atoms with Crippen LogP contribution in [0.2, 0.25) is 0 Å². The first kappa shape index (κ1) is 22.8. The van der Waals surface area contributed by atoms with Crippen molar-refractivity contribution >= 4 is 5.57 Å². The van der Waals surface area contributed by atoms with Crippen LogP contribution in [0.4, 0.5) is 0 Å². The zero-order valence-electron chi connectivity index (χ0n) is 19.9. The van der Waals surface area contributed by atoms with E-state index in [4.69, 9.17) is 0 Å². The molecule has 0 saturated heterocycles. The molecule has 1 aliphatic rings. The summed E-state index contributed by atoms with van der Waals surface area (Å²) in [6, 6.07) is 27.9. The van der Waals surface area contributed by atoms with Crippen molar-refractivity contribution in [1.82, 2.24) is 0 Å². The molecule has 0 radical (unpaired) electrons. The smallest absolute Gasteiger partial charge is 0.00884 e. The topological polar surface area (TPSA) is 0 Å². The molecule has 0 fully saturated rings. The Morgan fingerprint density at radius 1 is 0.548 bits per heavy atom. The van der Waals surface area contributed by atoms with E-state index in [2.05, 4.69) is 127 Å². The molecule has 0 N–H and O–H groups in total. The van der Waals surface area contributed by atoms with Gasteiger partial charge in [-0.15, -0.1) is 0 Å². The Bertz CT molecular complexity index is 967. The molecule has 0 heteroatoms. The number of hydrogen-bond donors (Lipinski definition) is 0. The zero-order chi connectivity index (χ0) is 22.5. The van der Waals surface area contributed by atoms with Gasteiger partial charge in [0.25, 0.3) is 0 Å². The molecular formula is C31H36. The highest BCUT2D eigenvalue weighted by atomic mass is 14.3. The second-order valence-corrected chi connectivity index (χ2v) is 10.4. The average Bonchev–Trinajstić information content (AvgIpc) is 3.29. The molecule has 1 aliphatic carbocycles. The number of rotatable bonds is 2. The summed E-state index contributed by atoms with van der Waals surface area (Å²) in [5.74, 6) is 0. The largest absolute Gasteiger partial charge is 0.0801 e. The summed E-state index contributed by atoms with van der Waals surface area (Å²) >= 11 is 0. The van der Waals surface area contributed by atoms with Gasteiger partial charge >= 0.3 is 0 Å². The van der Waals surface area contributed by atoms with E-state index in [9.17, 15) is 0 Å². The van der Waals surface area contributed by atoms with Crippen LogP contribution in [-0.2, 0) is 10.8 Å². The van der Waals surface area contributed by atoms with E-state index in [1.54, 1.807) is 0 Å². The summed E-state index contributed by atoms with van der Waals surface area (Å²) < 4.78 is 0. The highest BCUT2D eigenvalue weighted by molar-refractivity contribution is 5.72. The fourth-order valence-electron chi connectivity index (χ4n) is 3.60. The predicted molar refractivity (Wildman–Crippen MR) is 137 cm³/mol. The molecule has 0 atom stereocenters. The van der Waals surface area contributed by atoms with Crippen molar-refractivity contribution in [3.8, 4) is 11.1 Å². The van der Waals surface area contributed by atoms with Crippen LogP contribution in [0.3, 0.4) is 0 Å². The standard InChI is InChI=1S/C19H26.C12H10/c1-18(2,3)16-11-15(14-9-7-8-10-14)12-17(13-16)19(4,5)6;1-3-7-11(8-4-1)12-9-5-2-6-10-12/h7-9,11-13H,10H2,1-6H3;1-10H. The third-order valence-electron chi connectivity index (χ3n) is 5.69. The Balaban J connectivity index is 0.000000194. The maximum absolute atomic E-state index is 2.38. The third-order valence-corrected chi connectivity index (χ3v) is 5.69. The van der Waals surface area contributed by atoms with E-state index in [0.717, 1.165) is 6.42 Å². The predicted octanol–water partition coefficient (Wildman–Crippen LogP) is 8.98. The van der Waals surface area contributed by atoms with E-state index in [-0.39, 0.29) is 10.8 Å². The van der Waals surface area contributed by atoms with Gasteiger partial charge in [0.2, 0.25) is 0 Å². The fraction of sp³-hybridized carbons (Fsp3) is 0.290. The molecule has 0 heterocycles. The SMILES string of the molecule is CC(C)(C)c1cc(C2=CC=CC2)cc(C(C)(C)C)c1.c1ccc(-c2ccccc2)cc1. The van der Waals surface area contributed by atoms with E-state index in [1.807, 2.05) is 12.1 Å². The molecule has 0 nitrogen and oxygen atoms in total. The Hall–Kier alpha value is -2.86. The van der Waals surface area contributed by atoms with Gasteiger partial charge in [-0.1, -0.05) is 139 Å². The van der Waals surface area contributed by atoms with E-state index in [1.165, 1.54) is 33.4 Å². The first-order valence-electron chi connectivity index (χ1n) is 11.3. The molecule has 0 amide bonds. The Kier molecular flexibility index (Phi) is 7.01. The summed E-state index contributed by atoms with van der Waals surface area (Å²) in [5, 5.41) is 0. The monoisotopic (exact) mass is 408 g/mol. The minimum absolute atomic E-state index is 0.197. The van der Waals surface area contributed by atoms with Crippen molar-refractivity contribution in [2.45, 2.75) is 58.8 Å². The molecule has 0 aliphatic heterocycles. The van der Waals surface area contributed by atoms with E-state index < -0.39 is 0 Å². The minimum atomic E-state index is 0.197. The maximum Gasteiger partial charge on any atom is -0.00884 e. The summed E-state index contributed by atoms with van der Waals surface area (Å²) in [7, 11) is 0. The first-order chi connectivity index (χ1) is 14.6. The quantitative estimate of drug-likeness (QED) is 0.397. The molecular weight excluding hydrogens is 372 g/mol. The van der Waals surface area contributed by atoms with Gasteiger partial charge in [-0.2, -0.15) is 0 Å². The van der Waals surface area contributed by atoms with Crippen LogP contribution in [0.25, 0.3) is 16.7 Å². The van der Waals surface area contributed by atoms with Gasteiger partial charge in [0.1, 0.15) is 0 Å². The van der Waals surface area contributed by atoms with E-state index >= 15 is 0 Å². The fourth-order valence-corrected chi connectivity index (χ4v) is 3.60. The molecule has 3 aromatic rings. The van der Waals surface area contributed by atoms with Crippen molar-refractivity contribution < 1.29 is 0 Å². The van der Waals surface area contributed by atoms with Crippen LogP contribution in [0.1, 0.15) is 64.7 Å². The van der Waals surface area contributed by atoms with Gasteiger partial charge in [-0.25, -0.2) is 0 Å². The third kappa shape index (κ3) is 6.31. The second kappa shape index (κ2) is 9.52. The average molecular weight is 409 g/mol. The van der Waals surface area contributed by atoms with Crippen LogP contribution in [0.5, 0.6) is 0 Å². The van der Waals surface area contributed by atoms with Gasteiger partial charge in [0.15, 0.2) is 0 Å². The summed E-state index contributed by atoms with van der Waals surface area (Å²) in [5.41, 5.74) is 8.64. The maximum atomic E-state index is 2.38. The van der Waals surface area contributed by atoms with Gasteiger partial charge in [-0.3, -0.25) is 0 Å². The molecule has 0 unspecified atom stereocenters. The minimum Gasteiger partial charge on any atom is -0.0801 e. The molecule has 160 valence electrons. The molecule has 0 bridgehead atoms. The lowest BCUT2D eigenvalue weighted by atomic mass is 9.79. The number of benzene rings is 3. The molecule has 0 aromatic heterocycles. The molecule has 31 heavy (non-hydrogen) atoms. The highest BCUT2D eigenvalue weighted by Crippen LogP contribution is 2.34. The van der Waals surface area contributed by atoms with Crippen LogP contribution in [-0.4, -0.2) is 0 Å². The number of allylic oxidation sites excluding steroid dienone is 4. The van der Waals surface area contributed by atoms with Gasteiger partial charge in [-0.05, 0) is 50.6 Å². The van der Waals surface area contributed by atoms with Crippen LogP contribution < -0.4 is 0 Å². The Morgan fingerprint density at radius 2 is 1.00 bits per heavy atom. The van der Waals surface area contributed by atoms with Crippen LogP contribution in [0.15, 0.2) is 97.1 Å². The van der Waals surface area contributed by atoms with Crippen molar-refractivity contribution in [2.75, 3.05) is 0 Å². The van der Waals surface area contributed by atoms with Gasteiger partial charge in [0, 0.05) is 0 Å². The molecule has 0 saturated carbocycles. The second-order valence-electron chi connectivity index (χ2n) is 10.4. The summed E-state index contributed by atoms with van der Waals surface area (Å²) in [6.07, 6.45) is 7.71. The summed E-state index contributed by atoms with van der Waals surface area (Å²) in [4.78, 5) is 0. The van der Waals surface area contributed by atoms with Crippen LogP contribution >= 0.6 is 0 Å². The lowest BCUT2D eigenvalue weighted by Gasteiger charge is -2.26. The molecule has 3 aromatic carbocycles. The highest BCUT2D eigenvalue weighted by Gasteiger charge is 2.21. The Morgan fingerprint density at radius 3 is 1.35 bits per heavy atom. The van der Waals surface area contributed by atoms with Crippen molar-refractivity contribution in [3.63, 3.8) is 0 Å². The zero-order valence-corrected chi connectivity index (χ0v) is 19.9. The summed E-state index contributed by atoms with van der Waals surface area (Å²) in [6.45, 7) is 13.7. The van der Waals surface area contributed by atoms with Gasteiger partial charge < -0.3 is 0 Å². The normalized spacial score (nSPS) is 13.4. The van der Waals surface area contributed by atoms with Crippen molar-refractivity contribution in [1.29, 1.82) is 0 Å². The number of hydrogen-bond acceptors (Lipinski definition) is 0. The Labute approximate surface area is 189 Å².